The summed E-state index contributed by atoms with van der Waals surface area (Å²) in [5.41, 5.74) is 7.22. The van der Waals surface area contributed by atoms with E-state index in [0.717, 1.165) is 0 Å². The summed E-state index contributed by atoms with van der Waals surface area (Å²) < 4.78 is 4.95. The molecule has 0 saturated carbocycles. The van der Waals surface area contributed by atoms with Crippen LogP contribution in [-0.4, -0.2) is 9.13 Å². The first kappa shape index (κ1) is 25.8. The van der Waals surface area contributed by atoms with E-state index in [1.165, 1.54) is 98.1 Å². The van der Waals surface area contributed by atoms with Crippen LogP contribution in [0.3, 0.4) is 0 Å². The van der Waals surface area contributed by atoms with E-state index in [2.05, 4.69) is 179 Å². The van der Waals surface area contributed by atoms with Crippen LogP contribution in [0.1, 0.15) is 0 Å². The number of aromatic nitrogens is 2. The van der Waals surface area contributed by atoms with Crippen molar-refractivity contribution in [2.45, 2.75) is 0 Å². The Hall–Kier alpha value is -6.38. The highest BCUT2D eigenvalue weighted by atomic mass is 15.0. The fourth-order valence-corrected chi connectivity index (χ4v) is 8.17. The van der Waals surface area contributed by atoms with E-state index in [1.54, 1.807) is 0 Å². The third-order valence-corrected chi connectivity index (χ3v) is 10.4. The highest BCUT2D eigenvalue weighted by Crippen LogP contribution is 2.44. The molecule has 11 rings (SSSR count). The van der Waals surface area contributed by atoms with Crippen molar-refractivity contribution in [1.82, 2.24) is 9.13 Å². The molecule has 222 valence electrons. The lowest BCUT2D eigenvalue weighted by Gasteiger charge is -2.11. The molecule has 0 aliphatic rings. The average molecular weight is 609 g/mol. The molecule has 2 heteroatoms. The molecule has 0 radical (unpaired) electrons. The number of fused-ring (bicyclic) bond motifs is 11. The molecule has 9 aromatic carbocycles. The summed E-state index contributed by atoms with van der Waals surface area (Å²) >= 11 is 0. The molecule has 0 bridgehead atoms. The number of nitrogens with zero attached hydrogens (tertiary/aromatic N) is 2. The van der Waals surface area contributed by atoms with Crippen molar-refractivity contribution in [3.8, 4) is 11.4 Å². The van der Waals surface area contributed by atoms with Gasteiger partial charge < -0.3 is 9.13 Å². The maximum Gasteiger partial charge on any atom is 0.0548 e. The van der Waals surface area contributed by atoms with Crippen LogP contribution in [0.5, 0.6) is 0 Å². The van der Waals surface area contributed by atoms with Crippen LogP contribution in [0.4, 0.5) is 0 Å². The van der Waals surface area contributed by atoms with Crippen LogP contribution in [0.25, 0.3) is 98.1 Å². The average Bonchev–Trinajstić information content (AvgIpc) is 3.64. The van der Waals surface area contributed by atoms with Crippen LogP contribution >= 0.6 is 0 Å². The van der Waals surface area contributed by atoms with Crippen LogP contribution < -0.4 is 0 Å². The Bertz CT molecular complexity index is 2910. The predicted octanol–water partition coefficient (Wildman–Crippen LogP) is 12.5. The van der Waals surface area contributed by atoms with Crippen LogP contribution in [-0.2, 0) is 0 Å². The molecule has 0 aliphatic heterocycles. The summed E-state index contributed by atoms with van der Waals surface area (Å²) in [5, 5.41) is 15.1. The van der Waals surface area contributed by atoms with Gasteiger partial charge in [-0.2, -0.15) is 0 Å². The maximum atomic E-state index is 2.48. The van der Waals surface area contributed by atoms with Crippen molar-refractivity contribution in [3.05, 3.63) is 170 Å². The van der Waals surface area contributed by atoms with Crippen molar-refractivity contribution in [3.63, 3.8) is 0 Å². The molecule has 2 nitrogen and oxygen atoms in total. The monoisotopic (exact) mass is 608 g/mol. The molecule has 48 heavy (non-hydrogen) atoms. The highest BCUT2D eigenvalue weighted by Gasteiger charge is 2.22. The summed E-state index contributed by atoms with van der Waals surface area (Å²) in [6.07, 6.45) is 0. The van der Waals surface area contributed by atoms with Crippen LogP contribution in [0.2, 0.25) is 0 Å². The van der Waals surface area contributed by atoms with E-state index in [0.29, 0.717) is 0 Å². The largest absolute Gasteiger partial charge is 0.309 e. The molecule has 0 unspecified atom stereocenters. The lowest BCUT2D eigenvalue weighted by molar-refractivity contribution is 1.18. The van der Waals surface area contributed by atoms with Crippen LogP contribution in [0, 0.1) is 0 Å². The molecule has 11 aromatic rings. The normalized spacial score (nSPS) is 12.2. The van der Waals surface area contributed by atoms with E-state index in [1.807, 2.05) is 0 Å². The standard InChI is InChI=1S/C46H28N2/c1-3-11-31-23-37(19-17-29(31)9-1)47-41-21-22-42-46(45(41)39-25-33-13-5-7-15-35(33)27-43(39)47)40-26-34-14-6-8-16-36(34)28-44(40)48(42)38-20-18-30-10-2-4-12-32(30)24-38/h1-28H. The molecule has 0 N–H and O–H groups in total. The first-order chi connectivity index (χ1) is 23.8. The highest BCUT2D eigenvalue weighted by molar-refractivity contribution is 6.31. The van der Waals surface area contributed by atoms with Crippen molar-refractivity contribution in [2.75, 3.05) is 0 Å². The van der Waals surface area contributed by atoms with Gasteiger partial charge in [0.15, 0.2) is 0 Å². The van der Waals surface area contributed by atoms with E-state index in [-0.39, 0.29) is 0 Å². The summed E-state index contributed by atoms with van der Waals surface area (Å²) in [6.45, 7) is 0. The van der Waals surface area contributed by atoms with E-state index in [4.69, 9.17) is 0 Å². The minimum absolute atomic E-state index is 1.17. The minimum Gasteiger partial charge on any atom is -0.309 e. The van der Waals surface area contributed by atoms with Gasteiger partial charge in [0, 0.05) is 32.9 Å². The number of rotatable bonds is 2. The second-order valence-corrected chi connectivity index (χ2v) is 13.0. The quantitative estimate of drug-likeness (QED) is 0.185. The topological polar surface area (TPSA) is 9.86 Å². The van der Waals surface area contributed by atoms with Gasteiger partial charge in [-0.25, -0.2) is 0 Å². The minimum atomic E-state index is 1.17. The predicted molar refractivity (Wildman–Crippen MR) is 205 cm³/mol. The van der Waals surface area contributed by atoms with Gasteiger partial charge in [0.05, 0.1) is 22.1 Å². The lowest BCUT2D eigenvalue weighted by Crippen LogP contribution is -1.95. The van der Waals surface area contributed by atoms with Gasteiger partial charge in [0.1, 0.15) is 0 Å². The molecule has 0 amide bonds. The number of hydrogen-bond donors (Lipinski definition) is 0. The maximum absolute atomic E-state index is 2.48. The van der Waals surface area contributed by atoms with Crippen molar-refractivity contribution in [2.24, 2.45) is 0 Å². The second-order valence-electron chi connectivity index (χ2n) is 13.0. The SMILES string of the molecule is c1ccc2cc(-n3c4cc5ccccc5cc4c4c5c6cc7ccccc7cc6n(-c6ccc7ccccc7c6)c5ccc43)ccc2c1. The van der Waals surface area contributed by atoms with E-state index in [9.17, 15) is 0 Å². The Balaban J connectivity index is 1.35. The molecule has 0 spiro atoms. The summed E-state index contributed by atoms with van der Waals surface area (Å²) in [4.78, 5) is 0. The van der Waals surface area contributed by atoms with E-state index >= 15 is 0 Å². The molecule has 0 aliphatic carbocycles. The molecule has 0 atom stereocenters. The zero-order valence-corrected chi connectivity index (χ0v) is 26.1. The van der Waals surface area contributed by atoms with Gasteiger partial charge >= 0.3 is 0 Å². The third kappa shape index (κ3) is 3.57. The molecule has 0 fully saturated rings. The first-order valence-electron chi connectivity index (χ1n) is 16.6. The number of hydrogen-bond acceptors (Lipinski definition) is 0. The Morgan fingerprint density at radius 1 is 0.250 bits per heavy atom. The van der Waals surface area contributed by atoms with Gasteiger partial charge in [0.25, 0.3) is 0 Å². The second kappa shape index (κ2) is 9.57. The lowest BCUT2D eigenvalue weighted by atomic mass is 10.0. The molecule has 2 heterocycles. The summed E-state index contributed by atoms with van der Waals surface area (Å²) in [5.74, 6) is 0. The van der Waals surface area contributed by atoms with Gasteiger partial charge in [-0.15, -0.1) is 0 Å². The molecular weight excluding hydrogens is 581 g/mol. The van der Waals surface area contributed by atoms with Crippen LogP contribution in [0.15, 0.2) is 170 Å². The van der Waals surface area contributed by atoms with Crippen molar-refractivity contribution in [1.29, 1.82) is 0 Å². The fraction of sp³-hybridized carbons (Fsp3) is 0. The zero-order chi connectivity index (χ0) is 31.3. The van der Waals surface area contributed by atoms with E-state index < -0.39 is 0 Å². The molecular formula is C46H28N2. The third-order valence-electron chi connectivity index (χ3n) is 10.4. The van der Waals surface area contributed by atoms with Gasteiger partial charge in [-0.3, -0.25) is 0 Å². The first-order valence-corrected chi connectivity index (χ1v) is 16.6. The van der Waals surface area contributed by atoms with Gasteiger partial charge in [-0.1, -0.05) is 109 Å². The van der Waals surface area contributed by atoms with Gasteiger partial charge in [0.2, 0.25) is 0 Å². The molecule has 0 saturated heterocycles. The summed E-state index contributed by atoms with van der Waals surface area (Å²) in [7, 11) is 0. The zero-order valence-electron chi connectivity index (χ0n) is 26.1. The Morgan fingerprint density at radius 2 is 0.583 bits per heavy atom. The Kier molecular flexibility index (Phi) is 5.14. The van der Waals surface area contributed by atoms with Crippen molar-refractivity contribution >= 4 is 86.7 Å². The summed E-state index contributed by atoms with van der Waals surface area (Å²) in [6, 6.07) is 62.7. The number of benzene rings is 9. The molecule has 2 aromatic heterocycles. The Labute approximate surface area is 276 Å². The smallest absolute Gasteiger partial charge is 0.0548 e. The Morgan fingerprint density at radius 3 is 0.979 bits per heavy atom. The van der Waals surface area contributed by atoms with Crippen molar-refractivity contribution < 1.29 is 0 Å². The fourth-order valence-electron chi connectivity index (χ4n) is 8.17. The van der Waals surface area contributed by atoms with Gasteiger partial charge in [-0.05, 0) is 104 Å².